The average Bonchev–Trinajstić information content (AvgIpc) is 2.47. The number of hydrogen-bond donors (Lipinski definition) is 0. The van der Waals surface area contributed by atoms with Crippen LogP contribution in [0.25, 0.3) is 0 Å². The van der Waals surface area contributed by atoms with Crippen molar-refractivity contribution in [2.75, 3.05) is 6.61 Å². The van der Waals surface area contributed by atoms with Crippen LogP contribution >= 0.6 is 31.9 Å². The van der Waals surface area contributed by atoms with Gasteiger partial charge in [-0.1, -0.05) is 20.8 Å². The first kappa shape index (κ1) is 18.8. The lowest BCUT2D eigenvalue weighted by atomic mass is 10.2. The third-order valence-electron chi connectivity index (χ3n) is 3.93. The molecule has 0 N–H and O–H groups in total. The summed E-state index contributed by atoms with van der Waals surface area (Å²) in [6, 6.07) is 0. The molecule has 0 radical (unpaired) electrons. The molecular formula is C14H26Br2O3Si. The maximum absolute atomic E-state index is 6.26. The first-order valence-corrected chi connectivity index (χ1v) is 11.4. The zero-order valence-corrected chi connectivity index (χ0v) is 17.6. The van der Waals surface area contributed by atoms with Crippen LogP contribution in [0.3, 0.4) is 0 Å². The lowest BCUT2D eigenvalue weighted by Crippen LogP contribution is -2.43. The van der Waals surface area contributed by atoms with Crippen LogP contribution in [0, 0.1) is 0 Å². The van der Waals surface area contributed by atoms with Crippen molar-refractivity contribution in [1.82, 2.24) is 0 Å². The van der Waals surface area contributed by atoms with Gasteiger partial charge in [0.15, 0.2) is 14.1 Å². The van der Waals surface area contributed by atoms with Gasteiger partial charge in [-0.15, -0.1) is 0 Å². The fourth-order valence-electron chi connectivity index (χ4n) is 1.76. The Morgan fingerprint density at radius 1 is 1.25 bits per heavy atom. The van der Waals surface area contributed by atoms with E-state index in [9.17, 15) is 0 Å². The molecule has 1 saturated heterocycles. The molecule has 0 unspecified atom stereocenters. The van der Waals surface area contributed by atoms with Crippen molar-refractivity contribution >= 4 is 40.2 Å². The summed E-state index contributed by atoms with van der Waals surface area (Å²) >= 11 is 6.76. The standard InChI is InChI=1S/C14H26Br2O3Si/c1-13(2,3)20(6,7)17-9-11-10(8-12(15)16)18-14(4,5)19-11/h8,10-11H,9H2,1-7H3/t10-,11-/m0/s1. The second kappa shape index (κ2) is 6.50. The van der Waals surface area contributed by atoms with Gasteiger partial charge in [0.1, 0.15) is 12.2 Å². The molecule has 0 bridgehead atoms. The summed E-state index contributed by atoms with van der Waals surface area (Å²) in [5, 5.41) is 0.198. The number of rotatable bonds is 4. The minimum Gasteiger partial charge on any atom is -0.414 e. The normalized spacial score (nSPS) is 26.6. The molecule has 1 fully saturated rings. The van der Waals surface area contributed by atoms with Crippen LogP contribution in [-0.4, -0.2) is 32.9 Å². The summed E-state index contributed by atoms with van der Waals surface area (Å²) in [7, 11) is -1.77. The molecule has 118 valence electrons. The Kier molecular flexibility index (Phi) is 6.13. The highest BCUT2D eigenvalue weighted by molar-refractivity contribution is 9.28. The van der Waals surface area contributed by atoms with Crippen LogP contribution in [0.15, 0.2) is 9.47 Å². The van der Waals surface area contributed by atoms with E-state index in [1.807, 2.05) is 19.9 Å². The first-order chi connectivity index (χ1) is 8.84. The van der Waals surface area contributed by atoms with Crippen LogP contribution in [0.2, 0.25) is 18.1 Å². The average molecular weight is 430 g/mol. The van der Waals surface area contributed by atoms with E-state index in [4.69, 9.17) is 13.9 Å². The minimum absolute atomic E-state index is 0.0794. The predicted octanol–water partition coefficient (Wildman–Crippen LogP) is 5.16. The largest absolute Gasteiger partial charge is 0.414 e. The van der Waals surface area contributed by atoms with Gasteiger partial charge < -0.3 is 13.9 Å². The van der Waals surface area contributed by atoms with Crippen molar-refractivity contribution in [2.45, 2.75) is 70.7 Å². The van der Waals surface area contributed by atoms with Crippen LogP contribution in [0.4, 0.5) is 0 Å². The maximum Gasteiger partial charge on any atom is 0.192 e. The van der Waals surface area contributed by atoms with Gasteiger partial charge in [-0.3, -0.25) is 0 Å². The zero-order valence-electron chi connectivity index (χ0n) is 13.4. The van der Waals surface area contributed by atoms with E-state index >= 15 is 0 Å². The Morgan fingerprint density at radius 3 is 2.25 bits per heavy atom. The predicted molar refractivity (Wildman–Crippen MR) is 92.9 cm³/mol. The van der Waals surface area contributed by atoms with Gasteiger partial charge in [0.25, 0.3) is 0 Å². The molecule has 1 heterocycles. The van der Waals surface area contributed by atoms with Gasteiger partial charge in [-0.2, -0.15) is 0 Å². The topological polar surface area (TPSA) is 27.7 Å². The van der Waals surface area contributed by atoms with Crippen LogP contribution in [-0.2, 0) is 13.9 Å². The van der Waals surface area contributed by atoms with Crippen molar-refractivity contribution in [3.8, 4) is 0 Å². The van der Waals surface area contributed by atoms with Crippen molar-refractivity contribution in [3.05, 3.63) is 9.47 Å². The maximum atomic E-state index is 6.26. The highest BCUT2D eigenvalue weighted by Gasteiger charge is 2.43. The molecule has 20 heavy (non-hydrogen) atoms. The molecule has 0 saturated carbocycles. The second-order valence-electron chi connectivity index (χ2n) is 7.17. The molecule has 0 aromatic heterocycles. The van der Waals surface area contributed by atoms with E-state index in [0.717, 1.165) is 3.39 Å². The summed E-state index contributed by atoms with van der Waals surface area (Å²) in [6.07, 6.45) is 1.78. The number of hydrogen-bond acceptors (Lipinski definition) is 3. The van der Waals surface area contributed by atoms with Crippen molar-refractivity contribution in [2.24, 2.45) is 0 Å². The van der Waals surface area contributed by atoms with E-state index in [1.54, 1.807) is 0 Å². The Hall–Kier alpha value is 0.797. The van der Waals surface area contributed by atoms with E-state index in [-0.39, 0.29) is 17.2 Å². The van der Waals surface area contributed by atoms with Gasteiger partial charge in [-0.05, 0) is 69.9 Å². The fourth-order valence-corrected chi connectivity index (χ4v) is 3.30. The van der Waals surface area contributed by atoms with Gasteiger partial charge >= 0.3 is 0 Å². The van der Waals surface area contributed by atoms with Crippen LogP contribution < -0.4 is 0 Å². The Labute approximate surface area is 140 Å². The Balaban J connectivity index is 2.73. The molecule has 1 aliphatic rings. The molecular weight excluding hydrogens is 404 g/mol. The van der Waals surface area contributed by atoms with E-state index in [2.05, 4.69) is 65.7 Å². The van der Waals surface area contributed by atoms with E-state index in [1.165, 1.54) is 0 Å². The molecule has 0 aromatic carbocycles. The first-order valence-electron chi connectivity index (χ1n) is 6.86. The fraction of sp³-hybridized carbons (Fsp3) is 0.857. The SMILES string of the molecule is CC1(C)O[C@@H](C=C(Br)Br)[C@H](CO[Si](C)(C)C(C)(C)C)O1. The van der Waals surface area contributed by atoms with E-state index < -0.39 is 14.1 Å². The lowest BCUT2D eigenvalue weighted by Gasteiger charge is -2.37. The van der Waals surface area contributed by atoms with Gasteiger partial charge in [-0.25, -0.2) is 0 Å². The second-order valence-corrected chi connectivity index (χ2v) is 14.7. The summed E-state index contributed by atoms with van der Waals surface area (Å²) < 4.78 is 19.0. The molecule has 2 atom stereocenters. The van der Waals surface area contributed by atoms with Crippen LogP contribution in [0.5, 0.6) is 0 Å². The summed E-state index contributed by atoms with van der Waals surface area (Å²) in [6.45, 7) is 15.6. The smallest absolute Gasteiger partial charge is 0.192 e. The molecule has 0 amide bonds. The molecule has 0 spiro atoms. The van der Waals surface area contributed by atoms with Gasteiger partial charge in [0.2, 0.25) is 0 Å². The molecule has 1 aliphatic heterocycles. The third-order valence-corrected chi connectivity index (χ3v) is 8.96. The summed E-state index contributed by atoms with van der Waals surface area (Å²) in [5.74, 6) is -0.571. The highest BCUT2D eigenvalue weighted by atomic mass is 79.9. The molecule has 3 nitrogen and oxygen atoms in total. The quantitative estimate of drug-likeness (QED) is 0.577. The zero-order chi connectivity index (χ0) is 15.8. The number of halogens is 2. The Bertz CT molecular complexity index is 371. The Morgan fingerprint density at radius 2 is 1.80 bits per heavy atom. The van der Waals surface area contributed by atoms with Gasteiger partial charge in [0, 0.05) is 0 Å². The summed E-state index contributed by atoms with van der Waals surface area (Å²) in [5.41, 5.74) is 0. The van der Waals surface area contributed by atoms with Crippen molar-refractivity contribution in [1.29, 1.82) is 0 Å². The molecule has 1 rings (SSSR count). The molecule has 0 aliphatic carbocycles. The minimum atomic E-state index is -1.77. The van der Waals surface area contributed by atoms with Crippen LogP contribution in [0.1, 0.15) is 34.6 Å². The summed E-state index contributed by atoms with van der Waals surface area (Å²) in [4.78, 5) is 0. The van der Waals surface area contributed by atoms with Crippen molar-refractivity contribution in [3.63, 3.8) is 0 Å². The highest BCUT2D eigenvalue weighted by Crippen LogP contribution is 2.38. The number of ether oxygens (including phenoxy) is 2. The monoisotopic (exact) mass is 428 g/mol. The third kappa shape index (κ3) is 5.21. The molecule has 6 heteroatoms. The van der Waals surface area contributed by atoms with E-state index in [0.29, 0.717) is 6.61 Å². The van der Waals surface area contributed by atoms with Gasteiger partial charge in [0.05, 0.1) is 10.00 Å². The lowest BCUT2D eigenvalue weighted by molar-refractivity contribution is -0.145. The molecule has 0 aromatic rings. The van der Waals surface area contributed by atoms with Crippen molar-refractivity contribution < 1.29 is 13.9 Å².